The Kier molecular flexibility index (Phi) is 5.87. The third-order valence-corrected chi connectivity index (χ3v) is 5.03. The van der Waals surface area contributed by atoms with Crippen LogP contribution in [0.4, 0.5) is 0 Å². The molecule has 0 saturated carbocycles. The predicted molar refractivity (Wildman–Crippen MR) is 93.0 cm³/mol. The van der Waals surface area contributed by atoms with Crippen LogP contribution in [0, 0.1) is 0 Å². The first-order chi connectivity index (χ1) is 11.7. The maximum atomic E-state index is 11.9. The molecule has 3 rings (SSSR count). The molecule has 6 nitrogen and oxygen atoms in total. The summed E-state index contributed by atoms with van der Waals surface area (Å²) in [6.07, 6.45) is 3.01. The monoisotopic (exact) mass is 346 g/mol. The second kappa shape index (κ2) is 8.30. The van der Waals surface area contributed by atoms with Crippen LogP contribution in [-0.4, -0.2) is 45.7 Å². The smallest absolute Gasteiger partial charge is 0.230 e. The molecular weight excluding hydrogens is 324 g/mol. The number of rotatable bonds is 7. The summed E-state index contributed by atoms with van der Waals surface area (Å²) in [5.41, 5.74) is 1.19. The molecule has 1 atom stereocenters. The highest BCUT2D eigenvalue weighted by molar-refractivity contribution is 7.99. The molecule has 1 saturated heterocycles. The van der Waals surface area contributed by atoms with Gasteiger partial charge in [-0.3, -0.25) is 4.79 Å². The zero-order valence-electron chi connectivity index (χ0n) is 13.8. The van der Waals surface area contributed by atoms with Crippen LogP contribution in [0.3, 0.4) is 0 Å². The predicted octanol–water partition coefficient (Wildman–Crippen LogP) is 1.79. The number of amides is 1. The first-order valence-corrected chi connectivity index (χ1v) is 9.14. The number of nitrogens with one attached hydrogen (secondary N) is 1. The Morgan fingerprint density at radius 2 is 2.21 bits per heavy atom. The largest absolute Gasteiger partial charge is 0.376 e. The first-order valence-electron chi connectivity index (χ1n) is 8.15. The van der Waals surface area contributed by atoms with Crippen molar-refractivity contribution < 1.29 is 9.53 Å². The van der Waals surface area contributed by atoms with E-state index in [-0.39, 0.29) is 12.0 Å². The minimum absolute atomic E-state index is 0.00288. The van der Waals surface area contributed by atoms with Gasteiger partial charge in [0.05, 0.1) is 11.9 Å². The van der Waals surface area contributed by atoms with Crippen LogP contribution in [0.2, 0.25) is 0 Å². The summed E-state index contributed by atoms with van der Waals surface area (Å²) in [6, 6.07) is 10.2. The summed E-state index contributed by atoms with van der Waals surface area (Å²) < 4.78 is 7.45. The van der Waals surface area contributed by atoms with Crippen LogP contribution >= 0.6 is 11.8 Å². The second-order valence-corrected chi connectivity index (χ2v) is 6.79. The Bertz CT molecular complexity index is 668. The fraction of sp³-hybridized carbons (Fsp3) is 0.471. The summed E-state index contributed by atoms with van der Waals surface area (Å²) in [4.78, 5) is 11.9. The van der Waals surface area contributed by atoms with E-state index in [4.69, 9.17) is 4.74 Å². The normalized spacial score (nSPS) is 17.1. The molecule has 2 heterocycles. The van der Waals surface area contributed by atoms with Crippen molar-refractivity contribution in [2.24, 2.45) is 7.05 Å². The van der Waals surface area contributed by atoms with Gasteiger partial charge in [0.25, 0.3) is 0 Å². The molecule has 1 unspecified atom stereocenters. The van der Waals surface area contributed by atoms with Gasteiger partial charge in [-0.15, -0.1) is 10.2 Å². The lowest BCUT2D eigenvalue weighted by atomic mass is 10.1. The summed E-state index contributed by atoms with van der Waals surface area (Å²) >= 11 is 1.41. The maximum absolute atomic E-state index is 11.9. The van der Waals surface area contributed by atoms with Crippen LogP contribution in [-0.2, 0) is 23.0 Å². The molecule has 1 amide bonds. The Morgan fingerprint density at radius 1 is 1.38 bits per heavy atom. The molecule has 7 heteroatoms. The molecule has 0 bridgehead atoms. The number of aromatic nitrogens is 3. The van der Waals surface area contributed by atoms with Crippen LogP contribution < -0.4 is 5.32 Å². The highest BCUT2D eigenvalue weighted by atomic mass is 32.2. The number of carbonyl (C=O) groups excluding carboxylic acids is 1. The van der Waals surface area contributed by atoms with Gasteiger partial charge in [0.15, 0.2) is 5.16 Å². The number of hydrogen-bond donors (Lipinski definition) is 1. The fourth-order valence-electron chi connectivity index (χ4n) is 2.62. The Balaban J connectivity index is 1.47. The standard InChI is InChI=1S/C17H22N4O2S/c1-21-15(10-13-6-3-2-4-7-13)19-20-17(21)24-12-16(22)18-11-14-8-5-9-23-14/h2-4,6-7,14H,5,8-12H2,1H3,(H,18,22). The van der Waals surface area contributed by atoms with Gasteiger partial charge in [0.2, 0.25) is 5.91 Å². The zero-order chi connectivity index (χ0) is 16.8. The number of nitrogens with zero attached hydrogens (tertiary/aromatic N) is 3. The average molecular weight is 346 g/mol. The van der Waals surface area contributed by atoms with E-state index in [1.807, 2.05) is 29.8 Å². The molecule has 1 aromatic heterocycles. The third-order valence-electron chi connectivity index (χ3n) is 4.01. The van der Waals surface area contributed by atoms with Crippen molar-refractivity contribution in [1.82, 2.24) is 20.1 Å². The molecule has 128 valence electrons. The molecule has 0 spiro atoms. The van der Waals surface area contributed by atoms with E-state index in [0.717, 1.165) is 36.9 Å². The fourth-order valence-corrected chi connectivity index (χ4v) is 3.38. The van der Waals surface area contributed by atoms with Gasteiger partial charge in [-0.25, -0.2) is 0 Å². The summed E-state index contributed by atoms with van der Waals surface area (Å²) in [5.74, 6) is 1.23. The van der Waals surface area contributed by atoms with Crippen LogP contribution in [0.15, 0.2) is 35.5 Å². The zero-order valence-corrected chi connectivity index (χ0v) is 14.6. The third kappa shape index (κ3) is 4.58. The van der Waals surface area contributed by atoms with Crippen molar-refractivity contribution in [3.05, 3.63) is 41.7 Å². The van der Waals surface area contributed by atoms with Crippen molar-refractivity contribution in [2.75, 3.05) is 18.9 Å². The minimum Gasteiger partial charge on any atom is -0.376 e. The first kappa shape index (κ1) is 17.0. The Hall–Kier alpha value is -1.86. The lowest BCUT2D eigenvalue weighted by Gasteiger charge is -2.10. The van der Waals surface area contributed by atoms with Crippen LogP contribution in [0.5, 0.6) is 0 Å². The van der Waals surface area contributed by atoms with E-state index >= 15 is 0 Å². The van der Waals surface area contributed by atoms with E-state index < -0.39 is 0 Å². The van der Waals surface area contributed by atoms with Crippen molar-refractivity contribution >= 4 is 17.7 Å². The molecule has 1 aromatic carbocycles. The Labute approximate surface area is 146 Å². The lowest BCUT2D eigenvalue weighted by Crippen LogP contribution is -2.32. The van der Waals surface area contributed by atoms with Crippen LogP contribution in [0.25, 0.3) is 0 Å². The van der Waals surface area contributed by atoms with Crippen molar-refractivity contribution in [3.8, 4) is 0 Å². The number of benzene rings is 1. The maximum Gasteiger partial charge on any atom is 0.230 e. The highest BCUT2D eigenvalue weighted by Crippen LogP contribution is 2.17. The summed E-state index contributed by atoms with van der Waals surface area (Å²) in [6.45, 7) is 1.40. The summed E-state index contributed by atoms with van der Waals surface area (Å²) in [7, 11) is 1.94. The lowest BCUT2D eigenvalue weighted by molar-refractivity contribution is -0.119. The molecule has 1 fully saturated rings. The van der Waals surface area contributed by atoms with Gasteiger partial charge in [0.1, 0.15) is 5.82 Å². The number of ether oxygens (including phenoxy) is 1. The molecule has 0 radical (unpaired) electrons. The second-order valence-electron chi connectivity index (χ2n) is 5.85. The van der Waals surface area contributed by atoms with Gasteiger partial charge in [-0.2, -0.15) is 0 Å². The van der Waals surface area contributed by atoms with Gasteiger partial charge >= 0.3 is 0 Å². The van der Waals surface area contributed by atoms with E-state index in [0.29, 0.717) is 12.3 Å². The van der Waals surface area contributed by atoms with Gasteiger partial charge in [-0.1, -0.05) is 42.1 Å². The van der Waals surface area contributed by atoms with Gasteiger partial charge in [0, 0.05) is 26.6 Å². The molecule has 24 heavy (non-hydrogen) atoms. The summed E-state index contributed by atoms with van der Waals surface area (Å²) in [5, 5.41) is 12.1. The topological polar surface area (TPSA) is 69.0 Å². The molecular formula is C17H22N4O2S. The number of thioether (sulfide) groups is 1. The number of hydrogen-bond acceptors (Lipinski definition) is 5. The van der Waals surface area contributed by atoms with E-state index in [1.54, 1.807) is 0 Å². The minimum atomic E-state index is 0.00288. The highest BCUT2D eigenvalue weighted by Gasteiger charge is 2.17. The average Bonchev–Trinajstić information content (AvgIpc) is 3.23. The van der Waals surface area contributed by atoms with Gasteiger partial charge < -0.3 is 14.6 Å². The molecule has 2 aromatic rings. The van der Waals surface area contributed by atoms with Crippen molar-refractivity contribution in [3.63, 3.8) is 0 Å². The quantitative estimate of drug-likeness (QED) is 0.774. The van der Waals surface area contributed by atoms with Crippen LogP contribution in [0.1, 0.15) is 24.2 Å². The van der Waals surface area contributed by atoms with Crippen molar-refractivity contribution in [2.45, 2.75) is 30.5 Å². The number of carbonyl (C=O) groups is 1. The van der Waals surface area contributed by atoms with E-state index in [2.05, 4.69) is 27.6 Å². The molecule has 1 aliphatic heterocycles. The Morgan fingerprint density at radius 3 is 2.96 bits per heavy atom. The molecule has 1 aliphatic rings. The van der Waals surface area contributed by atoms with E-state index in [9.17, 15) is 4.79 Å². The molecule has 0 aliphatic carbocycles. The SMILES string of the molecule is Cn1c(Cc2ccccc2)nnc1SCC(=O)NCC1CCCO1. The van der Waals surface area contributed by atoms with Crippen molar-refractivity contribution in [1.29, 1.82) is 0 Å². The van der Waals surface area contributed by atoms with E-state index in [1.165, 1.54) is 17.3 Å². The van der Waals surface area contributed by atoms with Gasteiger partial charge in [-0.05, 0) is 18.4 Å². The molecule has 1 N–H and O–H groups in total.